The number of rotatable bonds is 6. The van der Waals surface area contributed by atoms with Crippen molar-refractivity contribution in [1.29, 1.82) is 0 Å². The molecule has 1 amide bonds. The van der Waals surface area contributed by atoms with E-state index >= 15 is 0 Å². The second-order valence-electron chi connectivity index (χ2n) is 14.9. The molecule has 0 bridgehead atoms. The van der Waals surface area contributed by atoms with Crippen LogP contribution in [-0.2, 0) is 4.74 Å². The lowest BCUT2D eigenvalue weighted by atomic mass is 9.94. The number of ether oxygens (including phenoxy) is 1. The van der Waals surface area contributed by atoms with Crippen molar-refractivity contribution in [2.24, 2.45) is 0 Å². The van der Waals surface area contributed by atoms with Crippen molar-refractivity contribution >= 4 is 57.3 Å². The number of likely N-dealkylation sites (tertiary alicyclic amines) is 1. The second-order valence-corrected chi connectivity index (χ2v) is 15.2. The number of nitrogens with zero attached hydrogens (tertiary/aromatic N) is 8. The van der Waals surface area contributed by atoms with Crippen molar-refractivity contribution in [2.75, 3.05) is 31.2 Å². The number of benzene rings is 3. The first-order valence-electron chi connectivity index (χ1n) is 19.3. The summed E-state index contributed by atoms with van der Waals surface area (Å²) in [5.74, 6) is -1.26. The lowest BCUT2D eigenvalue weighted by molar-refractivity contribution is -0.00219. The minimum Gasteiger partial charge on any atom is -0.461 e. The number of nitrogens with two attached hydrogens (primary N) is 2. The summed E-state index contributed by atoms with van der Waals surface area (Å²) in [4.78, 5) is 48.9. The van der Waals surface area contributed by atoms with Crippen LogP contribution in [-0.4, -0.2) is 80.9 Å². The number of piperidine rings is 1. The quantitative estimate of drug-likeness (QED) is 0.140. The maximum atomic E-state index is 13.8. The third-order valence-electron chi connectivity index (χ3n) is 10.5. The Balaban J connectivity index is 0.000000191. The molecule has 9 rings (SSSR count). The van der Waals surface area contributed by atoms with E-state index < -0.39 is 11.6 Å². The Hall–Kier alpha value is -7.04. The second kappa shape index (κ2) is 16.2. The first kappa shape index (κ1) is 40.7. The lowest BCUT2D eigenvalue weighted by Gasteiger charge is -2.35. The Labute approximate surface area is 352 Å². The minimum atomic E-state index is -0.773. The Morgan fingerprint density at radius 1 is 0.803 bits per heavy atom. The minimum absolute atomic E-state index is 0.0820. The van der Waals surface area contributed by atoms with Crippen molar-refractivity contribution in [1.82, 2.24) is 38.6 Å². The molecule has 1 fully saturated rings. The Morgan fingerprint density at radius 2 is 1.36 bits per heavy atom. The molecule has 1 aliphatic rings. The van der Waals surface area contributed by atoms with E-state index in [1.807, 2.05) is 31.2 Å². The van der Waals surface area contributed by atoms with Gasteiger partial charge in [0, 0.05) is 53.8 Å². The van der Waals surface area contributed by atoms with Gasteiger partial charge in [0.15, 0.2) is 28.6 Å². The van der Waals surface area contributed by atoms with Crippen LogP contribution < -0.4 is 11.5 Å². The van der Waals surface area contributed by atoms with Crippen molar-refractivity contribution in [2.45, 2.75) is 39.2 Å². The highest BCUT2D eigenvalue weighted by molar-refractivity contribution is 6.32. The molecule has 3 aromatic carbocycles. The smallest absolute Gasteiger partial charge is 0.358 e. The van der Waals surface area contributed by atoms with E-state index in [0.717, 1.165) is 22.0 Å². The molecule has 6 heterocycles. The number of imidazole rings is 2. The molecule has 0 unspecified atom stereocenters. The van der Waals surface area contributed by atoms with Crippen LogP contribution in [0.15, 0.2) is 91.4 Å². The summed E-state index contributed by atoms with van der Waals surface area (Å²) in [6, 6.07) is 19.6. The van der Waals surface area contributed by atoms with E-state index in [4.69, 9.17) is 27.8 Å². The molecule has 310 valence electrons. The van der Waals surface area contributed by atoms with Gasteiger partial charge in [-0.1, -0.05) is 17.7 Å². The summed E-state index contributed by atoms with van der Waals surface area (Å²) < 4.78 is 35.0. The van der Waals surface area contributed by atoms with E-state index in [1.54, 1.807) is 47.7 Å². The van der Waals surface area contributed by atoms with Crippen LogP contribution in [0.3, 0.4) is 0 Å². The molecule has 61 heavy (non-hydrogen) atoms. The van der Waals surface area contributed by atoms with Crippen LogP contribution >= 0.6 is 11.6 Å². The average molecular weight is 845 g/mol. The molecule has 8 aromatic rings. The number of carbonyl (C=O) groups is 2. The summed E-state index contributed by atoms with van der Waals surface area (Å²) in [7, 11) is 0. The van der Waals surface area contributed by atoms with Crippen LogP contribution in [0.5, 0.6) is 0 Å². The fourth-order valence-electron chi connectivity index (χ4n) is 7.18. The number of aromatic nitrogens is 7. The first-order valence-corrected chi connectivity index (χ1v) is 19.7. The van der Waals surface area contributed by atoms with Crippen molar-refractivity contribution in [3.63, 3.8) is 0 Å². The lowest BCUT2D eigenvalue weighted by Crippen LogP contribution is -2.45. The molecule has 5 N–H and O–H groups in total. The van der Waals surface area contributed by atoms with Crippen molar-refractivity contribution < 1.29 is 28.2 Å². The number of aryl methyl sites for hydroxylation is 1. The Kier molecular flexibility index (Phi) is 10.8. The fourth-order valence-corrected chi connectivity index (χ4v) is 7.46. The standard InChI is InChI=1S/C29H27FN6O2.C15H12ClFN4O2/c1-17-9-12-32-22-8-5-19(15-21(17)22)25-24(18-3-6-20(30)7-4-18)34-26(31)27-33-23(16-36(25)27)28(37)35-13-10-29(2,38)11-14-35;1-2-23-15(22)10-7-21-12(16)11(20-13(18)14(21)19-10)8-3-5-9(17)6-4-8/h3-9,12,15-16,38H,10-11,13-14H2,1-2H3,(H2,31,34);3-7H,2H2,1H3,(H2,18,20). The van der Waals surface area contributed by atoms with Gasteiger partial charge in [0.25, 0.3) is 5.91 Å². The zero-order valence-electron chi connectivity index (χ0n) is 33.2. The number of anilines is 2. The normalized spacial score (nSPS) is 13.7. The van der Waals surface area contributed by atoms with Gasteiger partial charge < -0.3 is 26.2 Å². The van der Waals surface area contributed by atoms with Crippen molar-refractivity contribution in [3.8, 4) is 33.8 Å². The van der Waals surface area contributed by atoms with Crippen LogP contribution in [0.4, 0.5) is 20.4 Å². The maximum Gasteiger partial charge on any atom is 0.358 e. The summed E-state index contributed by atoms with van der Waals surface area (Å²) in [6.45, 7) is 6.63. The Morgan fingerprint density at radius 3 is 2.00 bits per heavy atom. The van der Waals surface area contributed by atoms with E-state index in [9.17, 15) is 23.5 Å². The topological polar surface area (TPSA) is 192 Å². The molecule has 0 saturated carbocycles. The fraction of sp³-hybridized carbons (Fsp3) is 0.205. The van der Waals surface area contributed by atoms with E-state index in [2.05, 4.69) is 24.9 Å². The van der Waals surface area contributed by atoms with Gasteiger partial charge in [0.05, 0.1) is 29.1 Å². The van der Waals surface area contributed by atoms with Gasteiger partial charge in [-0.2, -0.15) is 0 Å². The highest BCUT2D eigenvalue weighted by Gasteiger charge is 2.31. The van der Waals surface area contributed by atoms with Crippen LogP contribution in [0.25, 0.3) is 56.0 Å². The molecule has 1 saturated heterocycles. The van der Waals surface area contributed by atoms with Gasteiger partial charge in [0.2, 0.25) is 0 Å². The largest absolute Gasteiger partial charge is 0.461 e. The van der Waals surface area contributed by atoms with Gasteiger partial charge in [-0.05, 0) is 106 Å². The van der Waals surface area contributed by atoms with Gasteiger partial charge >= 0.3 is 5.97 Å². The number of fused-ring (bicyclic) bond motifs is 3. The molecule has 0 aliphatic carbocycles. The van der Waals surface area contributed by atoms with Crippen LogP contribution in [0.2, 0.25) is 5.15 Å². The van der Waals surface area contributed by atoms with Gasteiger partial charge in [-0.15, -0.1) is 0 Å². The monoisotopic (exact) mass is 844 g/mol. The van der Waals surface area contributed by atoms with Crippen molar-refractivity contribution in [3.05, 3.63) is 125 Å². The molecule has 0 spiro atoms. The molecule has 14 nitrogen and oxygen atoms in total. The first-order chi connectivity index (χ1) is 29.2. The SMILES string of the molecule is CCOC(=O)c1cn2c(Cl)c(-c3ccc(F)cc3)nc(N)c2n1.Cc1ccnc2ccc(-c3c(-c4ccc(F)cc4)nc(N)c4nc(C(=O)N5CCC(C)(O)CC5)cn34)cc12. The summed E-state index contributed by atoms with van der Waals surface area (Å²) in [6.07, 6.45) is 5.89. The maximum absolute atomic E-state index is 13.8. The molecule has 17 heteroatoms. The Bertz CT molecular complexity index is 2980. The number of carbonyl (C=O) groups excluding carboxylic acids is 2. The number of amides is 1. The zero-order valence-corrected chi connectivity index (χ0v) is 34.0. The molecule has 0 atom stereocenters. The number of aliphatic hydroxyl groups is 1. The van der Waals surface area contributed by atoms with Crippen LogP contribution in [0.1, 0.15) is 53.2 Å². The number of hydrogen-bond donors (Lipinski definition) is 3. The van der Waals surface area contributed by atoms with Gasteiger partial charge in [0.1, 0.15) is 28.2 Å². The third kappa shape index (κ3) is 8.02. The number of esters is 1. The highest BCUT2D eigenvalue weighted by atomic mass is 35.5. The predicted molar refractivity (Wildman–Crippen MR) is 228 cm³/mol. The van der Waals surface area contributed by atoms with E-state index in [0.29, 0.717) is 59.8 Å². The summed E-state index contributed by atoms with van der Waals surface area (Å²) in [5.41, 5.74) is 18.1. The summed E-state index contributed by atoms with van der Waals surface area (Å²) in [5, 5.41) is 11.5. The average Bonchev–Trinajstić information content (AvgIpc) is 3.91. The van der Waals surface area contributed by atoms with E-state index in [-0.39, 0.29) is 58.0 Å². The number of halogens is 3. The predicted octanol–water partition coefficient (Wildman–Crippen LogP) is 7.58. The number of hydrogen-bond acceptors (Lipinski definition) is 11. The molecular weight excluding hydrogens is 806 g/mol. The zero-order chi connectivity index (χ0) is 43.2. The highest BCUT2D eigenvalue weighted by Crippen LogP contribution is 2.36. The molecule has 5 aromatic heterocycles. The molecule has 0 radical (unpaired) electrons. The number of nitrogen functional groups attached to an aromatic ring is 2. The van der Waals surface area contributed by atoms with E-state index in [1.165, 1.54) is 47.0 Å². The van der Waals surface area contributed by atoms with Gasteiger partial charge in [-0.3, -0.25) is 18.6 Å². The number of pyridine rings is 1. The molecular formula is C44H39ClF2N10O4. The van der Waals surface area contributed by atoms with Crippen LogP contribution in [0, 0.1) is 18.6 Å². The third-order valence-corrected chi connectivity index (χ3v) is 10.9. The summed E-state index contributed by atoms with van der Waals surface area (Å²) >= 11 is 6.34. The van der Waals surface area contributed by atoms with Gasteiger partial charge in [-0.25, -0.2) is 33.5 Å². The molecule has 1 aliphatic heterocycles.